The van der Waals surface area contributed by atoms with Crippen molar-refractivity contribution < 1.29 is 9.66 Å². The summed E-state index contributed by atoms with van der Waals surface area (Å²) in [5.41, 5.74) is 1.34. The van der Waals surface area contributed by atoms with Crippen LogP contribution in [0.1, 0.15) is 0 Å². The number of nitrogens with zero attached hydrogens (tertiary/aromatic N) is 4. The van der Waals surface area contributed by atoms with Gasteiger partial charge in [-0.05, 0) is 37.4 Å². The number of hydrogen-bond acceptors (Lipinski definition) is 8. The minimum atomic E-state index is -0.526. The van der Waals surface area contributed by atoms with E-state index in [2.05, 4.69) is 20.6 Å². The fourth-order valence-corrected chi connectivity index (χ4v) is 3.23. The topological polar surface area (TPSA) is 124 Å². The fraction of sp³-hybridized carbons (Fsp3) is 0.190. The van der Waals surface area contributed by atoms with Crippen molar-refractivity contribution in [2.45, 2.75) is 0 Å². The monoisotopic (exact) mass is 420 g/mol. The summed E-state index contributed by atoms with van der Waals surface area (Å²) < 4.78 is 7.00. The molecule has 10 nitrogen and oxygen atoms in total. The summed E-state index contributed by atoms with van der Waals surface area (Å²) in [6, 6.07) is 11.6. The predicted octanol–water partition coefficient (Wildman–Crippen LogP) is 2.73. The van der Waals surface area contributed by atoms with Gasteiger partial charge in [0.2, 0.25) is 5.95 Å². The molecule has 0 saturated carbocycles. The smallest absolute Gasteiger partial charge is 0.270 e. The molecule has 0 aliphatic carbocycles. The van der Waals surface area contributed by atoms with Gasteiger partial charge in [0.1, 0.15) is 17.9 Å². The molecular weight excluding hydrogens is 400 g/mol. The van der Waals surface area contributed by atoms with E-state index in [-0.39, 0.29) is 16.6 Å². The molecule has 0 atom stereocenters. The minimum Gasteiger partial charge on any atom is -0.492 e. The van der Waals surface area contributed by atoms with E-state index in [1.54, 1.807) is 19.3 Å². The Morgan fingerprint density at radius 1 is 1.16 bits per heavy atom. The van der Waals surface area contributed by atoms with E-state index in [9.17, 15) is 14.9 Å². The molecule has 4 rings (SSSR count). The first kappa shape index (κ1) is 20.2. The normalized spacial score (nSPS) is 11.0. The first-order valence-electron chi connectivity index (χ1n) is 9.56. The Morgan fingerprint density at radius 2 is 1.94 bits per heavy atom. The molecule has 2 N–H and O–H groups in total. The summed E-state index contributed by atoms with van der Waals surface area (Å²) >= 11 is 0. The second-order valence-electron chi connectivity index (χ2n) is 6.88. The summed E-state index contributed by atoms with van der Waals surface area (Å²) in [7, 11) is 3.45. The molecule has 0 saturated heterocycles. The zero-order valence-electron chi connectivity index (χ0n) is 17.0. The summed E-state index contributed by atoms with van der Waals surface area (Å²) in [4.78, 5) is 32.1. The van der Waals surface area contributed by atoms with Crippen LogP contribution < -0.4 is 20.9 Å². The Morgan fingerprint density at radius 3 is 2.65 bits per heavy atom. The van der Waals surface area contributed by atoms with Crippen LogP contribution >= 0.6 is 0 Å². The number of hydrogen-bond donors (Lipinski definition) is 2. The molecule has 0 amide bonds. The molecule has 0 bridgehead atoms. The van der Waals surface area contributed by atoms with E-state index >= 15 is 0 Å². The van der Waals surface area contributed by atoms with Crippen molar-refractivity contribution in [1.29, 1.82) is 0 Å². The Kier molecular flexibility index (Phi) is 5.46. The summed E-state index contributed by atoms with van der Waals surface area (Å²) in [6.07, 6.45) is 1.56. The van der Waals surface area contributed by atoms with Crippen LogP contribution in [0.15, 0.2) is 53.5 Å². The van der Waals surface area contributed by atoms with Crippen molar-refractivity contribution in [3.05, 3.63) is 69.1 Å². The van der Waals surface area contributed by atoms with E-state index in [0.29, 0.717) is 29.0 Å². The molecular formula is C21H20N6O4. The lowest BCUT2D eigenvalue weighted by Gasteiger charge is -2.11. The number of anilines is 2. The van der Waals surface area contributed by atoms with Gasteiger partial charge in [-0.25, -0.2) is 9.97 Å². The SMILES string of the molecule is CNCCOc1ccc(Nc2ncc3c(n2)c2ccc([N+](=O)[O-])cc2c(=O)n3C)cc1. The lowest BCUT2D eigenvalue weighted by atomic mass is 10.1. The molecule has 0 aliphatic rings. The number of aryl methyl sites for hydroxylation is 1. The molecule has 10 heteroatoms. The van der Waals surface area contributed by atoms with E-state index in [4.69, 9.17) is 4.74 Å². The number of rotatable bonds is 7. The number of aromatic nitrogens is 3. The molecule has 158 valence electrons. The van der Waals surface area contributed by atoms with Gasteiger partial charge in [-0.1, -0.05) is 0 Å². The average molecular weight is 420 g/mol. The summed E-state index contributed by atoms with van der Waals surface area (Å²) in [6.45, 7) is 1.32. The number of nitro groups is 1. The lowest BCUT2D eigenvalue weighted by molar-refractivity contribution is -0.384. The molecule has 2 aromatic carbocycles. The third-order valence-electron chi connectivity index (χ3n) is 4.87. The number of fused-ring (bicyclic) bond motifs is 3. The standard InChI is InChI=1S/C21H20N6O4/c1-22-9-10-31-15-6-3-13(4-7-15)24-21-23-12-18-19(25-21)16-8-5-14(27(29)30)11-17(16)20(28)26(18)2/h3-8,11-12,22H,9-10H2,1-2H3,(H,23,24,25). The van der Waals surface area contributed by atoms with Crippen molar-refractivity contribution in [3.63, 3.8) is 0 Å². The highest BCUT2D eigenvalue weighted by molar-refractivity contribution is 6.04. The molecule has 31 heavy (non-hydrogen) atoms. The molecule has 2 heterocycles. The molecule has 0 fully saturated rings. The van der Waals surface area contributed by atoms with Gasteiger partial charge in [0.15, 0.2) is 0 Å². The van der Waals surface area contributed by atoms with Crippen LogP contribution in [0.2, 0.25) is 0 Å². The summed E-state index contributed by atoms with van der Waals surface area (Å²) in [5.74, 6) is 1.09. The quantitative estimate of drug-likeness (QED) is 0.202. The fourth-order valence-electron chi connectivity index (χ4n) is 3.23. The van der Waals surface area contributed by atoms with Gasteiger partial charge >= 0.3 is 0 Å². The third-order valence-corrected chi connectivity index (χ3v) is 4.87. The number of likely N-dealkylation sites (N-methyl/N-ethyl adjacent to an activating group) is 1. The predicted molar refractivity (Wildman–Crippen MR) is 118 cm³/mol. The van der Waals surface area contributed by atoms with Gasteiger partial charge in [0.25, 0.3) is 11.2 Å². The highest BCUT2D eigenvalue weighted by Gasteiger charge is 2.15. The number of pyridine rings is 1. The number of non-ortho nitro benzene ring substituents is 1. The Labute approximate surface area is 176 Å². The zero-order valence-corrected chi connectivity index (χ0v) is 17.0. The molecule has 2 aromatic heterocycles. The number of benzene rings is 2. The van der Waals surface area contributed by atoms with Crippen LogP contribution in [-0.4, -0.2) is 39.7 Å². The van der Waals surface area contributed by atoms with Gasteiger partial charge in [-0.2, -0.15) is 0 Å². The van der Waals surface area contributed by atoms with Crippen LogP contribution in [0, 0.1) is 10.1 Å². The third kappa shape index (κ3) is 4.01. The highest BCUT2D eigenvalue weighted by atomic mass is 16.6. The highest BCUT2D eigenvalue weighted by Crippen LogP contribution is 2.26. The number of ether oxygens (including phenoxy) is 1. The average Bonchev–Trinajstić information content (AvgIpc) is 2.78. The van der Waals surface area contributed by atoms with Gasteiger partial charge in [0, 0.05) is 36.8 Å². The molecule has 0 spiro atoms. The van der Waals surface area contributed by atoms with Gasteiger partial charge < -0.3 is 19.9 Å². The maximum atomic E-state index is 12.7. The Bertz CT molecular complexity index is 1330. The summed E-state index contributed by atoms with van der Waals surface area (Å²) in [5, 5.41) is 18.0. The number of nitrogens with one attached hydrogen (secondary N) is 2. The van der Waals surface area contributed by atoms with Crippen molar-refractivity contribution >= 4 is 39.1 Å². The molecule has 0 aliphatic heterocycles. The molecule has 0 unspecified atom stereocenters. The van der Waals surface area contributed by atoms with E-state index in [1.165, 1.54) is 16.7 Å². The van der Waals surface area contributed by atoms with Crippen LogP contribution in [0.3, 0.4) is 0 Å². The van der Waals surface area contributed by atoms with E-state index < -0.39 is 4.92 Å². The first-order valence-corrected chi connectivity index (χ1v) is 9.56. The van der Waals surface area contributed by atoms with Crippen molar-refractivity contribution in [3.8, 4) is 5.75 Å². The van der Waals surface area contributed by atoms with Crippen LogP contribution in [0.4, 0.5) is 17.3 Å². The van der Waals surface area contributed by atoms with Crippen molar-refractivity contribution in [2.24, 2.45) is 7.05 Å². The van der Waals surface area contributed by atoms with Crippen LogP contribution in [0.25, 0.3) is 21.8 Å². The maximum Gasteiger partial charge on any atom is 0.270 e. The van der Waals surface area contributed by atoms with Gasteiger partial charge in [0.05, 0.1) is 22.0 Å². The zero-order chi connectivity index (χ0) is 22.0. The molecule has 4 aromatic rings. The maximum absolute atomic E-state index is 12.7. The lowest BCUT2D eigenvalue weighted by Crippen LogP contribution is -2.18. The minimum absolute atomic E-state index is 0.145. The molecule has 0 radical (unpaired) electrons. The van der Waals surface area contributed by atoms with Crippen molar-refractivity contribution in [1.82, 2.24) is 19.9 Å². The van der Waals surface area contributed by atoms with Crippen molar-refractivity contribution in [2.75, 3.05) is 25.5 Å². The van der Waals surface area contributed by atoms with E-state index in [0.717, 1.165) is 18.0 Å². The van der Waals surface area contributed by atoms with Crippen LogP contribution in [0.5, 0.6) is 5.75 Å². The van der Waals surface area contributed by atoms with Gasteiger partial charge in [-0.3, -0.25) is 14.9 Å². The second-order valence-corrected chi connectivity index (χ2v) is 6.88. The second kappa shape index (κ2) is 8.36. The Balaban J connectivity index is 1.70. The number of nitro benzene ring substituents is 1. The van der Waals surface area contributed by atoms with Gasteiger partial charge in [-0.15, -0.1) is 0 Å². The Hall–Kier alpha value is -4.05. The first-order chi connectivity index (χ1) is 15.0. The largest absolute Gasteiger partial charge is 0.492 e. The van der Waals surface area contributed by atoms with E-state index in [1.807, 2.05) is 31.3 Å². The van der Waals surface area contributed by atoms with Crippen LogP contribution in [-0.2, 0) is 7.05 Å².